The number of aromatic hydroxyl groups is 1. The van der Waals surface area contributed by atoms with Gasteiger partial charge in [0.05, 0.1) is 6.20 Å². The molecule has 0 fully saturated rings. The van der Waals surface area contributed by atoms with Gasteiger partial charge >= 0.3 is 0 Å². The molecular formula is C7H4BrIN2O. The van der Waals surface area contributed by atoms with Crippen molar-refractivity contribution in [1.29, 1.82) is 0 Å². The van der Waals surface area contributed by atoms with Crippen LogP contribution in [0.4, 0.5) is 0 Å². The predicted octanol–water partition coefficient (Wildman–Crippen LogP) is 2.41. The van der Waals surface area contributed by atoms with E-state index in [1.54, 1.807) is 12.3 Å². The molecule has 0 atom stereocenters. The Balaban J connectivity index is 2.92. The molecule has 5 heteroatoms. The van der Waals surface area contributed by atoms with Crippen LogP contribution in [0.25, 0.3) is 5.65 Å². The van der Waals surface area contributed by atoms with Crippen LogP contribution in [-0.2, 0) is 0 Å². The average molecular weight is 339 g/mol. The summed E-state index contributed by atoms with van der Waals surface area (Å²) in [6.45, 7) is 0. The second kappa shape index (κ2) is 2.88. The Morgan fingerprint density at radius 3 is 3.08 bits per heavy atom. The predicted molar refractivity (Wildman–Crippen MR) is 57.3 cm³/mol. The van der Waals surface area contributed by atoms with Crippen molar-refractivity contribution in [3.05, 3.63) is 26.6 Å². The first-order valence-corrected chi connectivity index (χ1v) is 5.07. The highest BCUT2D eigenvalue weighted by Crippen LogP contribution is 2.23. The van der Waals surface area contributed by atoms with E-state index in [1.807, 2.05) is 10.6 Å². The summed E-state index contributed by atoms with van der Waals surface area (Å²) in [4.78, 5) is 4.04. The molecule has 0 aliphatic heterocycles. The first-order valence-electron chi connectivity index (χ1n) is 3.19. The molecular weight excluding hydrogens is 335 g/mol. The van der Waals surface area contributed by atoms with Crippen molar-refractivity contribution in [3.8, 4) is 5.75 Å². The van der Waals surface area contributed by atoms with E-state index in [1.165, 1.54) is 0 Å². The highest BCUT2D eigenvalue weighted by Gasteiger charge is 2.05. The number of nitrogens with zero attached hydrogens (tertiary/aromatic N) is 2. The van der Waals surface area contributed by atoms with E-state index >= 15 is 0 Å². The fourth-order valence-electron chi connectivity index (χ4n) is 1.01. The van der Waals surface area contributed by atoms with Gasteiger partial charge in [0.15, 0.2) is 11.4 Å². The van der Waals surface area contributed by atoms with Gasteiger partial charge < -0.3 is 5.11 Å². The summed E-state index contributed by atoms with van der Waals surface area (Å²) in [6, 6.07) is 1.62. The van der Waals surface area contributed by atoms with Crippen molar-refractivity contribution in [2.24, 2.45) is 0 Å². The van der Waals surface area contributed by atoms with Gasteiger partial charge in [-0.2, -0.15) is 0 Å². The largest absolute Gasteiger partial charge is 0.504 e. The zero-order chi connectivity index (χ0) is 8.72. The van der Waals surface area contributed by atoms with Crippen LogP contribution in [0.15, 0.2) is 22.9 Å². The van der Waals surface area contributed by atoms with Crippen LogP contribution in [0.2, 0.25) is 0 Å². The van der Waals surface area contributed by atoms with Gasteiger partial charge in [0.1, 0.15) is 3.70 Å². The smallest absolute Gasteiger partial charge is 0.180 e. The maximum Gasteiger partial charge on any atom is 0.180 e. The minimum absolute atomic E-state index is 0.187. The molecule has 2 aromatic heterocycles. The van der Waals surface area contributed by atoms with Gasteiger partial charge in [-0.1, -0.05) is 0 Å². The van der Waals surface area contributed by atoms with E-state index in [9.17, 15) is 5.11 Å². The maximum atomic E-state index is 9.45. The number of imidazole rings is 1. The van der Waals surface area contributed by atoms with E-state index in [0.717, 1.165) is 8.17 Å². The third-order valence-electron chi connectivity index (χ3n) is 1.51. The molecule has 2 heterocycles. The third kappa shape index (κ3) is 1.20. The number of fused-ring (bicyclic) bond motifs is 1. The minimum Gasteiger partial charge on any atom is -0.504 e. The molecule has 0 aliphatic carbocycles. The minimum atomic E-state index is 0.187. The van der Waals surface area contributed by atoms with Gasteiger partial charge in [-0.05, 0) is 44.6 Å². The number of pyridine rings is 1. The Kier molecular flexibility index (Phi) is 1.99. The Morgan fingerprint density at radius 1 is 1.58 bits per heavy atom. The molecule has 1 N–H and O–H groups in total. The summed E-state index contributed by atoms with van der Waals surface area (Å²) in [5.74, 6) is 0.187. The van der Waals surface area contributed by atoms with Crippen LogP contribution in [0.1, 0.15) is 0 Å². The number of hydrogen-bond acceptors (Lipinski definition) is 2. The molecule has 0 saturated heterocycles. The van der Waals surface area contributed by atoms with Crippen molar-refractivity contribution in [2.75, 3.05) is 0 Å². The number of rotatable bonds is 0. The highest BCUT2D eigenvalue weighted by molar-refractivity contribution is 14.1. The van der Waals surface area contributed by atoms with Crippen molar-refractivity contribution in [3.63, 3.8) is 0 Å². The Labute approximate surface area is 90.7 Å². The Morgan fingerprint density at radius 2 is 2.33 bits per heavy atom. The highest BCUT2D eigenvalue weighted by atomic mass is 127. The molecule has 12 heavy (non-hydrogen) atoms. The second-order valence-electron chi connectivity index (χ2n) is 2.32. The van der Waals surface area contributed by atoms with E-state index in [4.69, 9.17) is 0 Å². The van der Waals surface area contributed by atoms with E-state index in [0.29, 0.717) is 5.65 Å². The fourth-order valence-corrected chi connectivity index (χ4v) is 1.94. The summed E-state index contributed by atoms with van der Waals surface area (Å²) < 4.78 is 3.63. The van der Waals surface area contributed by atoms with E-state index in [2.05, 4.69) is 43.5 Å². The molecule has 0 spiro atoms. The van der Waals surface area contributed by atoms with Crippen LogP contribution in [-0.4, -0.2) is 14.5 Å². The molecule has 2 rings (SSSR count). The van der Waals surface area contributed by atoms with Gasteiger partial charge in [-0.25, -0.2) is 4.98 Å². The fraction of sp³-hybridized carbons (Fsp3) is 0. The van der Waals surface area contributed by atoms with Gasteiger partial charge in [0.25, 0.3) is 0 Å². The monoisotopic (exact) mass is 338 g/mol. The van der Waals surface area contributed by atoms with Crippen LogP contribution < -0.4 is 0 Å². The van der Waals surface area contributed by atoms with Crippen LogP contribution >= 0.6 is 38.5 Å². The van der Waals surface area contributed by atoms with Crippen molar-refractivity contribution in [1.82, 2.24) is 9.38 Å². The average Bonchev–Trinajstić information content (AvgIpc) is 2.33. The summed E-state index contributed by atoms with van der Waals surface area (Å²) in [6.07, 6.45) is 3.58. The van der Waals surface area contributed by atoms with Crippen LogP contribution in [0.3, 0.4) is 0 Å². The molecule has 0 aromatic carbocycles. The molecule has 0 unspecified atom stereocenters. The summed E-state index contributed by atoms with van der Waals surface area (Å²) in [5.41, 5.74) is 0.586. The van der Waals surface area contributed by atoms with Crippen LogP contribution in [0, 0.1) is 3.70 Å². The lowest BCUT2D eigenvalue weighted by molar-refractivity contribution is 0.477. The molecule has 0 aliphatic rings. The van der Waals surface area contributed by atoms with E-state index < -0.39 is 0 Å². The molecule has 0 saturated carbocycles. The quantitative estimate of drug-likeness (QED) is 0.749. The standard InChI is InChI=1S/C7H4BrIN2O/c8-4-1-5(12)7-10-2-6(9)11(7)3-4/h1-3,12H. The maximum absolute atomic E-state index is 9.45. The van der Waals surface area contributed by atoms with Gasteiger partial charge in [0.2, 0.25) is 0 Å². The number of halogens is 2. The first-order chi connectivity index (χ1) is 5.68. The van der Waals surface area contributed by atoms with Crippen molar-refractivity contribution in [2.45, 2.75) is 0 Å². The zero-order valence-corrected chi connectivity index (χ0v) is 9.57. The zero-order valence-electron chi connectivity index (χ0n) is 5.83. The Bertz CT molecular complexity index is 440. The Hall–Kier alpha value is -0.300. The second-order valence-corrected chi connectivity index (χ2v) is 4.34. The SMILES string of the molecule is Oc1cc(Br)cn2c(I)cnc12. The van der Waals surface area contributed by atoms with Crippen molar-refractivity contribution < 1.29 is 5.11 Å². The van der Waals surface area contributed by atoms with Gasteiger partial charge in [0, 0.05) is 10.7 Å². The summed E-state index contributed by atoms with van der Waals surface area (Å²) >= 11 is 5.45. The first kappa shape index (κ1) is 8.31. The lowest BCUT2D eigenvalue weighted by Crippen LogP contribution is -1.86. The van der Waals surface area contributed by atoms with Crippen LogP contribution in [0.5, 0.6) is 5.75 Å². The summed E-state index contributed by atoms with van der Waals surface area (Å²) in [7, 11) is 0. The molecule has 0 amide bonds. The lowest BCUT2D eigenvalue weighted by atomic mass is 10.4. The number of hydrogen-bond donors (Lipinski definition) is 1. The van der Waals surface area contributed by atoms with Crippen molar-refractivity contribution >= 4 is 44.2 Å². The summed E-state index contributed by atoms with van der Waals surface area (Å²) in [5, 5.41) is 9.45. The molecule has 62 valence electrons. The molecule has 3 nitrogen and oxygen atoms in total. The van der Waals surface area contributed by atoms with Gasteiger partial charge in [-0.15, -0.1) is 0 Å². The third-order valence-corrected chi connectivity index (χ3v) is 2.74. The number of aromatic nitrogens is 2. The molecule has 0 bridgehead atoms. The normalized spacial score (nSPS) is 10.8. The lowest BCUT2D eigenvalue weighted by Gasteiger charge is -1.98. The molecule has 0 radical (unpaired) electrons. The van der Waals surface area contributed by atoms with Gasteiger partial charge in [-0.3, -0.25) is 4.40 Å². The molecule has 2 aromatic rings. The topological polar surface area (TPSA) is 37.5 Å². The van der Waals surface area contributed by atoms with E-state index in [-0.39, 0.29) is 5.75 Å².